The minimum absolute atomic E-state index is 0.0158. The van der Waals surface area contributed by atoms with E-state index >= 15 is 0 Å². The smallest absolute Gasteiger partial charge is 0.304 e. The van der Waals surface area contributed by atoms with Crippen molar-refractivity contribution in [2.24, 2.45) is 0 Å². The summed E-state index contributed by atoms with van der Waals surface area (Å²) in [6.07, 6.45) is 5.99. The Morgan fingerprint density at radius 1 is 1.53 bits per heavy atom. The first kappa shape index (κ1) is 14.0. The molecule has 1 atom stereocenters. The van der Waals surface area contributed by atoms with Crippen LogP contribution in [-0.4, -0.2) is 4.98 Å². The van der Waals surface area contributed by atoms with Gasteiger partial charge in [-0.1, -0.05) is 50.5 Å². The number of allylic oxidation sites excluding steroid dienone is 1. The molecule has 1 aromatic heterocycles. The molecule has 1 rings (SSSR count). The van der Waals surface area contributed by atoms with Crippen LogP contribution >= 0.6 is 11.3 Å². The number of hydrogen-bond donors (Lipinski definition) is 2. The molecule has 1 unspecified atom stereocenters. The molecule has 3 nitrogen and oxygen atoms in total. The summed E-state index contributed by atoms with van der Waals surface area (Å²) in [6, 6.07) is 0.198. The average molecular weight is 254 g/mol. The molecule has 2 N–H and O–H groups in total. The van der Waals surface area contributed by atoms with Gasteiger partial charge in [0.1, 0.15) is 0 Å². The number of rotatable bonds is 8. The topological polar surface area (TPSA) is 44.9 Å². The standard InChI is InChI=1S/C13H22N2OS/c1-4-5-6-7-8-11(14-10(2)3)12-9-17-13(16)15-12/h9,11,14H,2,4-8H2,1,3H3,(H,15,16). The van der Waals surface area contributed by atoms with Crippen LogP contribution in [0, 0.1) is 0 Å². The van der Waals surface area contributed by atoms with Crippen LogP contribution < -0.4 is 10.2 Å². The van der Waals surface area contributed by atoms with Gasteiger partial charge in [-0.25, -0.2) is 0 Å². The lowest BCUT2D eigenvalue weighted by molar-refractivity contribution is 0.500. The van der Waals surface area contributed by atoms with E-state index in [0.717, 1.165) is 17.8 Å². The van der Waals surface area contributed by atoms with Crippen LogP contribution in [0.3, 0.4) is 0 Å². The normalized spacial score (nSPS) is 12.4. The fourth-order valence-electron chi connectivity index (χ4n) is 1.84. The highest BCUT2D eigenvalue weighted by molar-refractivity contribution is 7.07. The largest absolute Gasteiger partial charge is 0.381 e. The molecular weight excluding hydrogens is 232 g/mol. The zero-order valence-electron chi connectivity index (χ0n) is 10.7. The Morgan fingerprint density at radius 3 is 2.82 bits per heavy atom. The summed E-state index contributed by atoms with van der Waals surface area (Å²) >= 11 is 1.22. The molecule has 0 saturated carbocycles. The first-order valence-electron chi connectivity index (χ1n) is 6.23. The van der Waals surface area contributed by atoms with E-state index in [-0.39, 0.29) is 10.9 Å². The Hall–Kier alpha value is -1.03. The van der Waals surface area contributed by atoms with Gasteiger partial charge in [-0.2, -0.15) is 0 Å². The van der Waals surface area contributed by atoms with Crippen LogP contribution in [-0.2, 0) is 0 Å². The van der Waals surface area contributed by atoms with Crippen LogP contribution in [0.4, 0.5) is 0 Å². The second-order valence-corrected chi connectivity index (χ2v) is 5.27. The van der Waals surface area contributed by atoms with Gasteiger partial charge in [0.2, 0.25) is 0 Å². The Morgan fingerprint density at radius 2 is 2.29 bits per heavy atom. The number of H-pyrrole nitrogens is 1. The number of thiazole rings is 1. The van der Waals surface area contributed by atoms with Crippen molar-refractivity contribution in [2.75, 3.05) is 0 Å². The minimum atomic E-state index is 0.0158. The summed E-state index contributed by atoms with van der Waals surface area (Å²) in [5.41, 5.74) is 1.93. The van der Waals surface area contributed by atoms with Crippen molar-refractivity contribution in [3.63, 3.8) is 0 Å². The number of aromatic nitrogens is 1. The van der Waals surface area contributed by atoms with Crippen molar-refractivity contribution in [1.29, 1.82) is 0 Å². The van der Waals surface area contributed by atoms with Crippen LogP contribution in [0.25, 0.3) is 0 Å². The van der Waals surface area contributed by atoms with Gasteiger partial charge in [-0.05, 0) is 13.3 Å². The summed E-state index contributed by atoms with van der Waals surface area (Å²) in [4.78, 5) is 14.1. The van der Waals surface area contributed by atoms with Gasteiger partial charge in [0.25, 0.3) is 0 Å². The van der Waals surface area contributed by atoms with Crippen LogP contribution in [0.1, 0.15) is 57.7 Å². The molecule has 1 heterocycles. The van der Waals surface area contributed by atoms with E-state index in [2.05, 4.69) is 23.8 Å². The molecule has 0 bridgehead atoms. The molecule has 0 amide bonds. The highest BCUT2D eigenvalue weighted by atomic mass is 32.1. The third-order valence-corrected chi connectivity index (χ3v) is 3.37. The molecule has 1 aromatic rings. The summed E-state index contributed by atoms with van der Waals surface area (Å²) < 4.78 is 0. The molecule has 0 aromatic carbocycles. The lowest BCUT2D eigenvalue weighted by Crippen LogP contribution is -2.20. The Bertz CT molecular complexity index is 394. The van der Waals surface area contributed by atoms with Crippen molar-refractivity contribution < 1.29 is 0 Å². The second-order valence-electron chi connectivity index (χ2n) is 4.43. The van der Waals surface area contributed by atoms with Crippen LogP contribution in [0.2, 0.25) is 0 Å². The van der Waals surface area contributed by atoms with Gasteiger partial charge < -0.3 is 10.3 Å². The monoisotopic (exact) mass is 254 g/mol. The Kier molecular flexibility index (Phi) is 6.05. The molecule has 0 aliphatic rings. The maximum atomic E-state index is 11.2. The third kappa shape index (κ3) is 5.22. The molecule has 0 fully saturated rings. The van der Waals surface area contributed by atoms with E-state index in [1.165, 1.54) is 37.0 Å². The SMILES string of the molecule is C=C(C)NC(CCCCCC)c1csc(=O)[nH]1. The van der Waals surface area contributed by atoms with Crippen molar-refractivity contribution >= 4 is 11.3 Å². The lowest BCUT2D eigenvalue weighted by Gasteiger charge is -2.18. The quantitative estimate of drug-likeness (QED) is 0.697. The zero-order chi connectivity index (χ0) is 12.7. The highest BCUT2D eigenvalue weighted by Gasteiger charge is 2.12. The maximum Gasteiger partial charge on any atom is 0.304 e. The number of aromatic amines is 1. The van der Waals surface area contributed by atoms with E-state index in [4.69, 9.17) is 0 Å². The van der Waals surface area contributed by atoms with Gasteiger partial charge in [-0.3, -0.25) is 4.79 Å². The molecular formula is C13H22N2OS. The molecule has 4 heteroatoms. The number of hydrogen-bond acceptors (Lipinski definition) is 3. The van der Waals surface area contributed by atoms with Crippen LogP contribution in [0.5, 0.6) is 0 Å². The van der Waals surface area contributed by atoms with Gasteiger partial charge in [0.05, 0.1) is 11.7 Å². The molecule has 0 aliphatic carbocycles. The maximum absolute atomic E-state index is 11.2. The second kappa shape index (κ2) is 7.33. The Balaban J connectivity index is 2.54. The predicted molar refractivity (Wildman–Crippen MR) is 74.4 cm³/mol. The number of nitrogens with one attached hydrogen (secondary N) is 2. The molecule has 0 saturated heterocycles. The third-order valence-electron chi connectivity index (χ3n) is 2.68. The summed E-state index contributed by atoms with van der Waals surface area (Å²) in [7, 11) is 0. The van der Waals surface area contributed by atoms with Gasteiger partial charge >= 0.3 is 4.87 Å². The Labute approximate surface area is 107 Å². The zero-order valence-corrected chi connectivity index (χ0v) is 11.5. The van der Waals surface area contributed by atoms with E-state index in [1.807, 2.05) is 12.3 Å². The molecule has 0 radical (unpaired) electrons. The molecule has 0 aliphatic heterocycles. The van der Waals surface area contributed by atoms with Gasteiger partial charge in [-0.15, -0.1) is 0 Å². The lowest BCUT2D eigenvalue weighted by atomic mass is 10.1. The first-order chi connectivity index (χ1) is 8.13. The highest BCUT2D eigenvalue weighted by Crippen LogP contribution is 2.19. The molecule has 96 valence electrons. The van der Waals surface area contributed by atoms with E-state index < -0.39 is 0 Å². The molecule has 0 spiro atoms. The van der Waals surface area contributed by atoms with Crippen molar-refractivity contribution in [1.82, 2.24) is 10.3 Å². The van der Waals surface area contributed by atoms with Crippen molar-refractivity contribution in [3.8, 4) is 0 Å². The van der Waals surface area contributed by atoms with E-state index in [9.17, 15) is 4.79 Å². The van der Waals surface area contributed by atoms with Crippen molar-refractivity contribution in [3.05, 3.63) is 33.0 Å². The van der Waals surface area contributed by atoms with Gasteiger partial charge in [0, 0.05) is 11.1 Å². The summed E-state index contributed by atoms with van der Waals surface area (Å²) in [5, 5.41) is 5.23. The van der Waals surface area contributed by atoms with E-state index in [1.54, 1.807) is 0 Å². The van der Waals surface area contributed by atoms with Crippen molar-refractivity contribution in [2.45, 2.75) is 52.0 Å². The fraction of sp³-hybridized carbons (Fsp3) is 0.615. The van der Waals surface area contributed by atoms with Crippen LogP contribution in [0.15, 0.2) is 22.5 Å². The van der Waals surface area contributed by atoms with Gasteiger partial charge in [0.15, 0.2) is 0 Å². The average Bonchev–Trinajstić information content (AvgIpc) is 2.69. The summed E-state index contributed by atoms with van der Waals surface area (Å²) in [6.45, 7) is 8.03. The number of unbranched alkanes of at least 4 members (excludes halogenated alkanes) is 3. The predicted octanol–water partition coefficient (Wildman–Crippen LogP) is 3.57. The summed E-state index contributed by atoms with van der Waals surface area (Å²) in [5.74, 6) is 0. The fourth-order valence-corrected chi connectivity index (χ4v) is 2.48. The molecule has 17 heavy (non-hydrogen) atoms. The minimum Gasteiger partial charge on any atom is -0.381 e. The first-order valence-corrected chi connectivity index (χ1v) is 7.11. The van der Waals surface area contributed by atoms with E-state index in [0.29, 0.717) is 0 Å².